The molecule has 1 aliphatic heterocycles. The van der Waals surface area contributed by atoms with Crippen LogP contribution in [0.2, 0.25) is 0 Å². The molecule has 3 heterocycles. The first kappa shape index (κ1) is 26.6. The smallest absolute Gasteiger partial charge is 0.354 e. The Hall–Kier alpha value is -2.04. The van der Waals surface area contributed by atoms with E-state index >= 15 is 0 Å². The van der Waals surface area contributed by atoms with Crippen LogP contribution in [0.4, 0.5) is 19.1 Å². The summed E-state index contributed by atoms with van der Waals surface area (Å²) in [6.07, 6.45) is 3.53. The van der Waals surface area contributed by atoms with Gasteiger partial charge in [0.15, 0.2) is 0 Å². The minimum Gasteiger partial charge on any atom is -0.354 e. The van der Waals surface area contributed by atoms with Crippen molar-refractivity contribution in [2.45, 2.75) is 50.6 Å². The lowest BCUT2D eigenvalue weighted by Gasteiger charge is -2.30. The van der Waals surface area contributed by atoms with Crippen molar-refractivity contribution >= 4 is 37.4 Å². The van der Waals surface area contributed by atoms with E-state index in [2.05, 4.69) is 24.5 Å². The van der Waals surface area contributed by atoms with E-state index in [4.69, 9.17) is 0 Å². The standard InChI is InChI=1S/C18H24F3N5O5S3/c1-17(2,3)15-25-14(31-34(29,30)18(19,20)21)13(32-15)12-5-8-22-16(24-12)23-11-6-9-26(10-7-11)33(4,27)28/h5,8,11H,6-7,9-10H2,1-4H3,(H,22,23,24). The molecular weight excluding hydrogens is 519 g/mol. The second-order valence-corrected chi connectivity index (χ2v) is 13.3. The summed E-state index contributed by atoms with van der Waals surface area (Å²) in [5, 5.41) is 3.45. The molecule has 2 aromatic heterocycles. The highest BCUT2D eigenvalue weighted by Gasteiger charge is 2.49. The van der Waals surface area contributed by atoms with Crippen molar-refractivity contribution in [3.63, 3.8) is 0 Å². The molecule has 10 nitrogen and oxygen atoms in total. The van der Waals surface area contributed by atoms with Crippen LogP contribution >= 0.6 is 11.3 Å². The molecule has 34 heavy (non-hydrogen) atoms. The third-order valence-electron chi connectivity index (χ3n) is 4.85. The van der Waals surface area contributed by atoms with E-state index in [9.17, 15) is 30.0 Å². The SMILES string of the molecule is CC(C)(C)c1nc(OS(=O)(=O)C(F)(F)F)c(-c2ccnc(NC3CCN(S(C)(=O)=O)CC3)n2)s1. The van der Waals surface area contributed by atoms with Crippen molar-refractivity contribution in [1.82, 2.24) is 19.3 Å². The maximum absolute atomic E-state index is 12.9. The second kappa shape index (κ2) is 9.20. The number of alkyl halides is 3. The molecule has 1 aliphatic rings. The van der Waals surface area contributed by atoms with Gasteiger partial charge >= 0.3 is 15.6 Å². The summed E-state index contributed by atoms with van der Waals surface area (Å²) in [7, 11) is -9.21. The van der Waals surface area contributed by atoms with E-state index < -0.39 is 36.9 Å². The average Bonchev–Trinajstić information content (AvgIpc) is 3.11. The number of hydrogen-bond acceptors (Lipinski definition) is 10. The summed E-state index contributed by atoms with van der Waals surface area (Å²) in [6, 6.07) is 1.28. The predicted molar refractivity (Wildman–Crippen MR) is 121 cm³/mol. The maximum atomic E-state index is 12.9. The van der Waals surface area contributed by atoms with Gasteiger partial charge in [0.25, 0.3) is 5.88 Å². The monoisotopic (exact) mass is 543 g/mol. The lowest BCUT2D eigenvalue weighted by Crippen LogP contribution is -2.42. The summed E-state index contributed by atoms with van der Waals surface area (Å²) in [5.41, 5.74) is -6.08. The van der Waals surface area contributed by atoms with Gasteiger partial charge in [-0.25, -0.2) is 27.7 Å². The summed E-state index contributed by atoms with van der Waals surface area (Å²) in [5.74, 6) is -0.552. The Labute approximate surface area is 199 Å². The molecule has 16 heteroatoms. The van der Waals surface area contributed by atoms with Gasteiger partial charge in [0, 0.05) is 30.7 Å². The third kappa shape index (κ3) is 6.14. The molecule has 2 aromatic rings. The minimum absolute atomic E-state index is 0.00935. The van der Waals surface area contributed by atoms with Crippen LogP contribution in [0.25, 0.3) is 10.6 Å². The fraction of sp³-hybridized carbons (Fsp3) is 0.611. The van der Waals surface area contributed by atoms with E-state index in [-0.39, 0.29) is 22.6 Å². The van der Waals surface area contributed by atoms with Crippen LogP contribution in [0.1, 0.15) is 38.6 Å². The molecule has 3 rings (SSSR count). The van der Waals surface area contributed by atoms with E-state index in [0.29, 0.717) is 30.9 Å². The Balaban J connectivity index is 1.89. The Morgan fingerprint density at radius 3 is 2.26 bits per heavy atom. The number of sulfonamides is 1. The number of thiazole rings is 1. The number of halogens is 3. The molecule has 190 valence electrons. The van der Waals surface area contributed by atoms with Gasteiger partial charge in [0.2, 0.25) is 16.0 Å². The van der Waals surface area contributed by atoms with Crippen LogP contribution in [0, 0.1) is 0 Å². The van der Waals surface area contributed by atoms with Gasteiger partial charge in [-0.3, -0.25) is 0 Å². The highest BCUT2D eigenvalue weighted by Crippen LogP contribution is 2.41. The van der Waals surface area contributed by atoms with Crippen LogP contribution in [-0.2, 0) is 25.6 Å². The van der Waals surface area contributed by atoms with Crippen LogP contribution < -0.4 is 9.50 Å². The first-order valence-electron chi connectivity index (χ1n) is 10.0. The van der Waals surface area contributed by atoms with Gasteiger partial charge in [-0.1, -0.05) is 20.8 Å². The summed E-state index contributed by atoms with van der Waals surface area (Å²) >= 11 is 0.969. The van der Waals surface area contributed by atoms with E-state index in [1.807, 2.05) is 0 Å². The van der Waals surface area contributed by atoms with Gasteiger partial charge < -0.3 is 9.50 Å². The zero-order valence-corrected chi connectivity index (χ0v) is 21.2. The van der Waals surface area contributed by atoms with Crippen LogP contribution in [0.5, 0.6) is 5.88 Å². The van der Waals surface area contributed by atoms with Crippen LogP contribution in [0.3, 0.4) is 0 Å². The van der Waals surface area contributed by atoms with Gasteiger partial charge in [-0.15, -0.1) is 11.3 Å². The zero-order valence-electron chi connectivity index (χ0n) is 18.7. The maximum Gasteiger partial charge on any atom is 0.534 e. The number of rotatable bonds is 6. The number of anilines is 1. The van der Waals surface area contributed by atoms with E-state index in [1.165, 1.54) is 16.6 Å². The average molecular weight is 544 g/mol. The Kier molecular flexibility index (Phi) is 7.19. The van der Waals surface area contributed by atoms with Crippen molar-refractivity contribution in [3.8, 4) is 16.5 Å². The fourth-order valence-electron chi connectivity index (χ4n) is 3.07. The van der Waals surface area contributed by atoms with Gasteiger partial charge in [-0.2, -0.15) is 21.6 Å². The van der Waals surface area contributed by atoms with Gasteiger partial charge in [-0.05, 0) is 18.9 Å². The molecule has 0 amide bonds. The Morgan fingerprint density at radius 1 is 1.12 bits per heavy atom. The molecule has 0 aliphatic carbocycles. The molecule has 0 radical (unpaired) electrons. The summed E-state index contributed by atoms with van der Waals surface area (Å²) in [6.45, 7) is 5.97. The third-order valence-corrected chi connectivity index (χ3v) is 8.59. The predicted octanol–water partition coefficient (Wildman–Crippen LogP) is 2.96. The number of nitrogens with one attached hydrogen (secondary N) is 1. The molecule has 0 unspecified atom stereocenters. The lowest BCUT2D eigenvalue weighted by atomic mass is 9.98. The van der Waals surface area contributed by atoms with Crippen molar-refractivity contribution in [3.05, 3.63) is 17.3 Å². The summed E-state index contributed by atoms with van der Waals surface area (Å²) < 4.78 is 91.0. The first-order valence-corrected chi connectivity index (χ1v) is 14.1. The number of nitrogens with zero attached hydrogens (tertiary/aromatic N) is 4. The molecule has 1 saturated heterocycles. The molecule has 0 atom stereocenters. The van der Waals surface area contributed by atoms with Crippen molar-refractivity contribution in [1.29, 1.82) is 0 Å². The van der Waals surface area contributed by atoms with Crippen LogP contribution in [0.15, 0.2) is 12.3 Å². The normalized spacial score (nSPS) is 17.0. The molecule has 0 spiro atoms. The molecule has 0 bridgehead atoms. The molecule has 1 fully saturated rings. The molecule has 0 aromatic carbocycles. The lowest BCUT2D eigenvalue weighted by molar-refractivity contribution is -0.0501. The van der Waals surface area contributed by atoms with E-state index in [1.54, 1.807) is 20.8 Å². The quantitative estimate of drug-likeness (QED) is 0.431. The number of piperidine rings is 1. The largest absolute Gasteiger partial charge is 0.534 e. The Morgan fingerprint density at radius 2 is 1.74 bits per heavy atom. The van der Waals surface area contributed by atoms with Crippen molar-refractivity contribution < 1.29 is 34.2 Å². The second-order valence-electron chi connectivity index (χ2n) is 8.73. The number of hydrogen-bond donors (Lipinski definition) is 1. The molecular formula is C18H24F3N5O5S3. The fourth-order valence-corrected chi connectivity index (χ4v) is 5.44. The van der Waals surface area contributed by atoms with Gasteiger partial charge in [0.1, 0.15) is 9.88 Å². The topological polar surface area (TPSA) is 131 Å². The van der Waals surface area contributed by atoms with Crippen LogP contribution in [-0.4, -0.2) is 67.0 Å². The highest BCUT2D eigenvalue weighted by molar-refractivity contribution is 7.88. The number of aromatic nitrogens is 3. The summed E-state index contributed by atoms with van der Waals surface area (Å²) in [4.78, 5) is 12.4. The first-order chi connectivity index (χ1) is 15.5. The van der Waals surface area contributed by atoms with Gasteiger partial charge in [0.05, 0.1) is 11.9 Å². The highest BCUT2D eigenvalue weighted by atomic mass is 32.2. The van der Waals surface area contributed by atoms with Crippen molar-refractivity contribution in [2.75, 3.05) is 24.7 Å². The molecule has 0 saturated carbocycles. The zero-order chi connectivity index (χ0) is 25.5. The Bertz CT molecular complexity index is 1250. The minimum atomic E-state index is -5.93. The van der Waals surface area contributed by atoms with Crippen molar-refractivity contribution in [2.24, 2.45) is 0 Å². The molecule has 1 N–H and O–H groups in total. The van der Waals surface area contributed by atoms with E-state index in [0.717, 1.165) is 17.6 Å².